The molecule has 1 atom stereocenters. The maximum Gasteiger partial charge on any atom is 0.393 e. The molecule has 0 aromatic carbocycles. The fourth-order valence-corrected chi connectivity index (χ4v) is 0.570. The van der Waals surface area contributed by atoms with Gasteiger partial charge in [0.2, 0.25) is 0 Å². The molecule has 0 heterocycles. The monoisotopic (exact) mass is 234 g/mol. The maximum atomic E-state index is 12.3. The molecule has 0 aromatic rings. The van der Waals surface area contributed by atoms with Gasteiger partial charge in [0.15, 0.2) is 0 Å². The molecule has 0 rings (SSSR count). The molecule has 0 N–H and O–H groups in total. The van der Waals surface area contributed by atoms with E-state index in [-0.39, 0.29) is 0 Å². The highest BCUT2D eigenvalue weighted by molar-refractivity contribution is 6.32. The molecule has 0 fully saturated rings. The standard InChI is InChI=1S/C4H2Cl2F6/c5-2(7,4(6,11)12)1-3(8,9)10/h1H2. The average Bonchev–Trinajstić information content (AvgIpc) is 1.52. The second-order valence-electron chi connectivity index (χ2n) is 1.99. The topological polar surface area (TPSA) is 0 Å². The number of hydrogen-bond donors (Lipinski definition) is 0. The van der Waals surface area contributed by atoms with Crippen LogP contribution in [0.15, 0.2) is 0 Å². The Morgan fingerprint density at radius 1 is 0.833 bits per heavy atom. The van der Waals surface area contributed by atoms with Gasteiger partial charge in [-0.2, -0.15) is 22.0 Å². The van der Waals surface area contributed by atoms with Crippen molar-refractivity contribution >= 4 is 23.2 Å². The van der Waals surface area contributed by atoms with E-state index >= 15 is 0 Å². The Kier molecular flexibility index (Phi) is 3.18. The van der Waals surface area contributed by atoms with E-state index in [1.54, 1.807) is 0 Å². The van der Waals surface area contributed by atoms with Crippen molar-refractivity contribution in [1.29, 1.82) is 0 Å². The summed E-state index contributed by atoms with van der Waals surface area (Å²) in [5.41, 5.74) is 0. The Bertz CT molecular complexity index is 156. The lowest BCUT2D eigenvalue weighted by Gasteiger charge is -2.23. The Hall–Kier alpha value is 0.160. The molecule has 0 saturated heterocycles. The Balaban J connectivity index is 4.44. The quantitative estimate of drug-likeness (QED) is 0.505. The fourth-order valence-electron chi connectivity index (χ4n) is 0.352. The molecule has 0 aliphatic rings. The van der Waals surface area contributed by atoms with Crippen LogP contribution in [-0.2, 0) is 0 Å². The van der Waals surface area contributed by atoms with Gasteiger partial charge in [0.05, 0.1) is 6.42 Å². The van der Waals surface area contributed by atoms with Crippen molar-refractivity contribution < 1.29 is 26.3 Å². The van der Waals surface area contributed by atoms with Crippen molar-refractivity contribution in [1.82, 2.24) is 0 Å². The second kappa shape index (κ2) is 3.14. The van der Waals surface area contributed by atoms with Crippen LogP contribution in [0.3, 0.4) is 0 Å². The first-order valence-electron chi connectivity index (χ1n) is 2.47. The molecule has 8 heteroatoms. The van der Waals surface area contributed by atoms with E-state index in [0.29, 0.717) is 0 Å². The zero-order valence-electron chi connectivity index (χ0n) is 5.23. The highest BCUT2D eigenvalue weighted by Crippen LogP contribution is 2.46. The van der Waals surface area contributed by atoms with Crippen LogP contribution in [0.1, 0.15) is 6.42 Å². The smallest absolute Gasteiger partial charge is 0.218 e. The van der Waals surface area contributed by atoms with Gasteiger partial charge in [0.25, 0.3) is 5.13 Å². The zero-order chi connectivity index (χ0) is 10.2. The van der Waals surface area contributed by atoms with Crippen LogP contribution in [0.2, 0.25) is 0 Å². The van der Waals surface area contributed by atoms with Crippen molar-refractivity contribution in [2.75, 3.05) is 0 Å². The molecule has 74 valence electrons. The fraction of sp³-hybridized carbons (Fsp3) is 1.00. The third kappa shape index (κ3) is 3.71. The molecule has 1 unspecified atom stereocenters. The SMILES string of the molecule is FC(F)(F)CC(F)(Cl)C(F)(F)Cl. The third-order valence-electron chi connectivity index (χ3n) is 0.837. The average molecular weight is 235 g/mol. The van der Waals surface area contributed by atoms with Gasteiger partial charge in [0, 0.05) is 0 Å². The van der Waals surface area contributed by atoms with Crippen molar-refractivity contribution in [3.8, 4) is 0 Å². The van der Waals surface area contributed by atoms with Gasteiger partial charge in [-0.15, -0.1) is 0 Å². The first kappa shape index (κ1) is 12.2. The lowest BCUT2D eigenvalue weighted by molar-refractivity contribution is -0.172. The molecule has 0 nitrogen and oxygen atoms in total. The van der Waals surface area contributed by atoms with Gasteiger partial charge in [-0.25, -0.2) is 4.39 Å². The summed E-state index contributed by atoms with van der Waals surface area (Å²) < 4.78 is 69.9. The minimum absolute atomic E-state index is 2.50. The summed E-state index contributed by atoms with van der Waals surface area (Å²) in [4.78, 5) is 0. The van der Waals surface area contributed by atoms with E-state index in [1.807, 2.05) is 0 Å². The molecule has 0 spiro atoms. The Labute approximate surface area is 73.4 Å². The van der Waals surface area contributed by atoms with Crippen LogP contribution in [-0.4, -0.2) is 16.7 Å². The second-order valence-corrected chi connectivity index (χ2v) is 3.07. The molecule has 0 radical (unpaired) electrons. The van der Waals surface area contributed by atoms with E-state index in [0.717, 1.165) is 0 Å². The van der Waals surface area contributed by atoms with Crippen LogP contribution < -0.4 is 0 Å². The maximum absolute atomic E-state index is 12.3. The summed E-state index contributed by atoms with van der Waals surface area (Å²) in [5, 5.41) is -9.04. The first-order chi connectivity index (χ1) is 4.96. The molecule has 0 aliphatic carbocycles. The summed E-state index contributed by atoms with van der Waals surface area (Å²) in [6, 6.07) is 0. The van der Waals surface area contributed by atoms with E-state index in [1.165, 1.54) is 0 Å². The molecular formula is C4H2Cl2F6. The van der Waals surface area contributed by atoms with E-state index in [4.69, 9.17) is 0 Å². The van der Waals surface area contributed by atoms with Crippen LogP contribution in [0.5, 0.6) is 0 Å². The summed E-state index contributed by atoms with van der Waals surface area (Å²) in [5.74, 6) is 0. The highest BCUT2D eigenvalue weighted by Gasteiger charge is 2.58. The molecule has 0 aliphatic heterocycles. The van der Waals surface area contributed by atoms with Gasteiger partial charge in [-0.05, 0) is 11.6 Å². The summed E-state index contributed by atoms with van der Waals surface area (Å²) >= 11 is 8.22. The van der Waals surface area contributed by atoms with Crippen LogP contribution >= 0.6 is 23.2 Å². The number of halogens is 8. The molecule has 0 aromatic heterocycles. The van der Waals surface area contributed by atoms with Crippen LogP contribution in [0.4, 0.5) is 26.3 Å². The highest BCUT2D eigenvalue weighted by atomic mass is 35.5. The molecule has 0 saturated carbocycles. The van der Waals surface area contributed by atoms with Gasteiger partial charge in [0.1, 0.15) is 0 Å². The normalized spacial score (nSPS) is 19.0. The van der Waals surface area contributed by atoms with Crippen molar-refractivity contribution in [3.63, 3.8) is 0 Å². The Morgan fingerprint density at radius 2 is 1.17 bits per heavy atom. The predicted octanol–water partition coefficient (Wildman–Crippen LogP) is 3.67. The number of rotatable bonds is 2. The lowest BCUT2D eigenvalue weighted by atomic mass is 10.2. The molecule has 0 amide bonds. The number of alkyl halides is 8. The van der Waals surface area contributed by atoms with Crippen LogP contribution in [0, 0.1) is 0 Å². The molecule has 0 bridgehead atoms. The summed E-state index contributed by atoms with van der Waals surface area (Å²) in [6.07, 6.45) is -7.63. The number of hydrogen-bond acceptors (Lipinski definition) is 0. The van der Waals surface area contributed by atoms with Gasteiger partial charge in [-0.3, -0.25) is 0 Å². The zero-order valence-corrected chi connectivity index (χ0v) is 6.74. The van der Waals surface area contributed by atoms with E-state index in [9.17, 15) is 26.3 Å². The van der Waals surface area contributed by atoms with Crippen LogP contribution in [0.25, 0.3) is 0 Å². The minimum Gasteiger partial charge on any atom is -0.218 e. The molecular weight excluding hydrogens is 233 g/mol. The van der Waals surface area contributed by atoms with E-state index < -0.39 is 23.1 Å². The summed E-state index contributed by atoms with van der Waals surface area (Å²) in [7, 11) is 0. The minimum atomic E-state index is -5.13. The third-order valence-corrected chi connectivity index (χ3v) is 1.60. The predicted molar refractivity (Wildman–Crippen MR) is 31.2 cm³/mol. The lowest BCUT2D eigenvalue weighted by Crippen LogP contribution is -2.38. The van der Waals surface area contributed by atoms with E-state index in [2.05, 4.69) is 23.2 Å². The Morgan fingerprint density at radius 3 is 1.25 bits per heavy atom. The van der Waals surface area contributed by atoms with Gasteiger partial charge < -0.3 is 0 Å². The molecule has 12 heavy (non-hydrogen) atoms. The van der Waals surface area contributed by atoms with Crippen molar-refractivity contribution in [2.24, 2.45) is 0 Å². The largest absolute Gasteiger partial charge is 0.393 e. The van der Waals surface area contributed by atoms with Gasteiger partial charge >= 0.3 is 11.6 Å². The van der Waals surface area contributed by atoms with Crippen molar-refractivity contribution in [2.45, 2.75) is 23.1 Å². The summed E-state index contributed by atoms with van der Waals surface area (Å²) in [6.45, 7) is 0. The van der Waals surface area contributed by atoms with Gasteiger partial charge in [-0.1, -0.05) is 11.6 Å². The van der Waals surface area contributed by atoms with Crippen molar-refractivity contribution in [3.05, 3.63) is 0 Å². The first-order valence-corrected chi connectivity index (χ1v) is 3.22.